The van der Waals surface area contributed by atoms with E-state index in [-0.39, 0.29) is 23.2 Å². The topological polar surface area (TPSA) is 69.7 Å². The number of benzene rings is 2. The number of nitrogens with zero attached hydrogens (tertiary/aromatic N) is 2. The van der Waals surface area contributed by atoms with Gasteiger partial charge in [0.15, 0.2) is 0 Å². The molecular weight excluding hydrogens is 369 g/mol. The molecular formula is C19H24FN3O3S. The summed E-state index contributed by atoms with van der Waals surface area (Å²) in [6.45, 7) is 4.10. The lowest BCUT2D eigenvalue weighted by atomic mass is 10.2. The lowest BCUT2D eigenvalue weighted by Crippen LogP contribution is -2.33. The first-order valence-electron chi connectivity index (χ1n) is 8.48. The highest BCUT2D eigenvalue weighted by molar-refractivity contribution is 7.89. The van der Waals surface area contributed by atoms with Gasteiger partial charge in [0.25, 0.3) is 0 Å². The van der Waals surface area contributed by atoms with Crippen LogP contribution in [0.25, 0.3) is 0 Å². The molecule has 0 unspecified atom stereocenters. The monoisotopic (exact) mass is 393 g/mol. The fraction of sp³-hybridized carbons (Fsp3) is 0.316. The van der Waals surface area contributed by atoms with E-state index >= 15 is 0 Å². The lowest BCUT2D eigenvalue weighted by Gasteiger charge is -2.22. The van der Waals surface area contributed by atoms with E-state index in [2.05, 4.69) is 5.32 Å². The van der Waals surface area contributed by atoms with Gasteiger partial charge in [0.05, 0.1) is 11.4 Å². The molecule has 8 heteroatoms. The zero-order valence-corrected chi connectivity index (χ0v) is 16.7. The molecule has 1 N–H and O–H groups in total. The summed E-state index contributed by atoms with van der Waals surface area (Å²) in [4.78, 5) is 14.3. The van der Waals surface area contributed by atoms with E-state index in [1.165, 1.54) is 32.3 Å². The number of likely N-dealkylation sites (N-methyl/N-ethyl adjacent to an activating group) is 1. The Balaban J connectivity index is 2.18. The number of halogens is 1. The number of carbonyl (C=O) groups excluding carboxylic acids is 1. The Bertz CT molecular complexity index is 930. The maximum atomic E-state index is 13.4. The number of hydrogen-bond acceptors (Lipinski definition) is 4. The Morgan fingerprint density at radius 2 is 1.85 bits per heavy atom. The Hall–Kier alpha value is -2.45. The van der Waals surface area contributed by atoms with E-state index in [1.54, 1.807) is 36.1 Å². The first-order chi connectivity index (χ1) is 12.6. The molecule has 2 aromatic rings. The molecule has 0 heterocycles. The Kier molecular flexibility index (Phi) is 6.56. The number of anilines is 2. The first-order valence-corrected chi connectivity index (χ1v) is 9.92. The number of carbonyl (C=O) groups is 1. The molecule has 2 aromatic carbocycles. The predicted molar refractivity (Wildman–Crippen MR) is 105 cm³/mol. The predicted octanol–water partition coefficient (Wildman–Crippen LogP) is 2.85. The van der Waals surface area contributed by atoms with Gasteiger partial charge in [-0.05, 0) is 49.7 Å². The third-order valence-corrected chi connectivity index (χ3v) is 6.08. The third kappa shape index (κ3) is 5.05. The van der Waals surface area contributed by atoms with Crippen molar-refractivity contribution >= 4 is 27.3 Å². The molecule has 0 spiro atoms. The molecule has 0 bridgehead atoms. The molecule has 0 aliphatic rings. The van der Waals surface area contributed by atoms with Gasteiger partial charge in [-0.15, -0.1) is 0 Å². The second kappa shape index (κ2) is 8.49. The van der Waals surface area contributed by atoms with Gasteiger partial charge in [-0.2, -0.15) is 0 Å². The molecule has 0 aromatic heterocycles. The maximum absolute atomic E-state index is 13.4. The molecule has 0 aliphatic carbocycles. The minimum Gasteiger partial charge on any atom is -0.362 e. The van der Waals surface area contributed by atoms with Gasteiger partial charge in [0.2, 0.25) is 15.9 Å². The fourth-order valence-electron chi connectivity index (χ4n) is 2.58. The second-order valence-corrected chi connectivity index (χ2v) is 8.43. The van der Waals surface area contributed by atoms with E-state index in [1.807, 2.05) is 6.92 Å². The van der Waals surface area contributed by atoms with Gasteiger partial charge in [0.1, 0.15) is 5.82 Å². The van der Waals surface area contributed by atoms with E-state index in [0.29, 0.717) is 23.5 Å². The Morgan fingerprint density at radius 3 is 2.44 bits per heavy atom. The highest BCUT2D eigenvalue weighted by Gasteiger charge is 2.20. The van der Waals surface area contributed by atoms with Crippen molar-refractivity contribution in [3.05, 3.63) is 53.8 Å². The average molecular weight is 393 g/mol. The van der Waals surface area contributed by atoms with Gasteiger partial charge in [-0.3, -0.25) is 4.79 Å². The van der Waals surface area contributed by atoms with E-state index in [9.17, 15) is 17.6 Å². The summed E-state index contributed by atoms with van der Waals surface area (Å²) in [7, 11) is -0.698. The maximum Gasteiger partial charge on any atom is 0.243 e. The molecule has 146 valence electrons. The molecule has 0 fully saturated rings. The third-order valence-electron chi connectivity index (χ3n) is 4.12. The van der Waals surface area contributed by atoms with Crippen LogP contribution >= 0.6 is 0 Å². The minimum atomic E-state index is -3.61. The van der Waals surface area contributed by atoms with Crippen LogP contribution in [0.1, 0.15) is 12.5 Å². The van der Waals surface area contributed by atoms with Crippen LogP contribution in [0.15, 0.2) is 47.4 Å². The van der Waals surface area contributed by atoms with Crippen molar-refractivity contribution in [2.45, 2.75) is 18.7 Å². The van der Waals surface area contributed by atoms with E-state index in [4.69, 9.17) is 0 Å². The highest BCUT2D eigenvalue weighted by Crippen LogP contribution is 2.22. The summed E-state index contributed by atoms with van der Waals surface area (Å²) in [5, 5.41) is 2.71. The lowest BCUT2D eigenvalue weighted by molar-refractivity contribution is -0.115. The van der Waals surface area contributed by atoms with Gasteiger partial charge in [-0.1, -0.05) is 12.1 Å². The smallest absolute Gasteiger partial charge is 0.243 e. The number of amides is 1. The molecule has 0 radical (unpaired) electrons. The van der Waals surface area contributed by atoms with Gasteiger partial charge in [0, 0.05) is 32.0 Å². The van der Waals surface area contributed by atoms with Crippen molar-refractivity contribution in [1.82, 2.24) is 4.31 Å². The quantitative estimate of drug-likeness (QED) is 0.785. The summed E-state index contributed by atoms with van der Waals surface area (Å²) in [6, 6.07) is 10.8. The summed E-state index contributed by atoms with van der Waals surface area (Å²) < 4.78 is 39.4. The van der Waals surface area contributed by atoms with Crippen molar-refractivity contribution < 1.29 is 17.6 Å². The molecule has 0 saturated heterocycles. The Labute approximate surface area is 159 Å². The van der Waals surface area contributed by atoms with Crippen LogP contribution in [0.3, 0.4) is 0 Å². The highest BCUT2D eigenvalue weighted by atomic mass is 32.2. The number of nitrogens with one attached hydrogen (secondary N) is 1. The summed E-state index contributed by atoms with van der Waals surface area (Å²) in [5.41, 5.74) is 1.59. The van der Waals surface area contributed by atoms with Crippen LogP contribution in [0.4, 0.5) is 15.8 Å². The van der Waals surface area contributed by atoms with Crippen LogP contribution in [-0.4, -0.2) is 45.8 Å². The number of sulfonamides is 1. The molecule has 6 nitrogen and oxygen atoms in total. The molecule has 2 rings (SSSR count). The van der Waals surface area contributed by atoms with Crippen molar-refractivity contribution in [1.29, 1.82) is 0 Å². The average Bonchev–Trinajstić information content (AvgIpc) is 2.61. The van der Waals surface area contributed by atoms with Crippen LogP contribution < -0.4 is 10.2 Å². The summed E-state index contributed by atoms with van der Waals surface area (Å²) >= 11 is 0. The fourth-order valence-corrected chi connectivity index (χ4v) is 3.73. The number of hydrogen-bond donors (Lipinski definition) is 1. The minimum absolute atomic E-state index is 0.0175. The van der Waals surface area contributed by atoms with E-state index < -0.39 is 10.0 Å². The molecule has 27 heavy (non-hydrogen) atoms. The van der Waals surface area contributed by atoms with Crippen molar-refractivity contribution in [3.63, 3.8) is 0 Å². The largest absolute Gasteiger partial charge is 0.362 e. The van der Waals surface area contributed by atoms with Gasteiger partial charge >= 0.3 is 0 Å². The summed E-state index contributed by atoms with van der Waals surface area (Å²) in [6.07, 6.45) is 0. The van der Waals surface area contributed by atoms with Crippen molar-refractivity contribution in [3.8, 4) is 0 Å². The first kappa shape index (κ1) is 20.9. The number of rotatable bonds is 7. The zero-order valence-electron chi connectivity index (χ0n) is 15.9. The van der Waals surface area contributed by atoms with Crippen LogP contribution in [0.2, 0.25) is 0 Å². The van der Waals surface area contributed by atoms with E-state index in [0.717, 1.165) is 4.31 Å². The van der Waals surface area contributed by atoms with Crippen LogP contribution in [0.5, 0.6) is 0 Å². The van der Waals surface area contributed by atoms with Crippen molar-refractivity contribution in [2.24, 2.45) is 0 Å². The molecule has 0 aliphatic heterocycles. The van der Waals surface area contributed by atoms with Crippen LogP contribution in [0, 0.1) is 12.7 Å². The second-order valence-electron chi connectivity index (χ2n) is 6.31. The Morgan fingerprint density at radius 1 is 1.15 bits per heavy atom. The van der Waals surface area contributed by atoms with Gasteiger partial charge < -0.3 is 10.2 Å². The van der Waals surface area contributed by atoms with Crippen LogP contribution in [-0.2, 0) is 14.8 Å². The normalized spacial score (nSPS) is 11.5. The standard InChI is InChI=1S/C19H24FN3O3S/c1-5-23(17-8-6-7-15(20)11-17)13-19(24)21-16-10-9-14(2)18(12-16)27(25,26)22(3)4/h6-12H,5,13H2,1-4H3,(H,21,24). The molecule has 1 amide bonds. The van der Waals surface area contributed by atoms with Crippen molar-refractivity contribution in [2.75, 3.05) is 37.4 Å². The zero-order chi connectivity index (χ0) is 20.2. The SMILES string of the molecule is CCN(CC(=O)Nc1ccc(C)c(S(=O)(=O)N(C)C)c1)c1cccc(F)c1. The molecule has 0 saturated carbocycles. The van der Waals surface area contributed by atoms with Gasteiger partial charge in [-0.25, -0.2) is 17.1 Å². The molecule has 0 atom stereocenters. The number of aryl methyl sites for hydroxylation is 1. The summed E-state index contributed by atoms with van der Waals surface area (Å²) in [5.74, 6) is -0.693.